The van der Waals surface area contributed by atoms with Gasteiger partial charge in [-0.2, -0.15) is 0 Å². The van der Waals surface area contributed by atoms with Gasteiger partial charge in [-0.1, -0.05) is 36.4 Å². The summed E-state index contributed by atoms with van der Waals surface area (Å²) in [7, 11) is 0. The molecule has 2 aliphatic heterocycles. The first kappa shape index (κ1) is 23.8. The maximum absolute atomic E-state index is 13.1. The Morgan fingerprint density at radius 2 is 2.03 bits per heavy atom. The Morgan fingerprint density at radius 1 is 1.28 bits per heavy atom. The van der Waals surface area contributed by atoms with Gasteiger partial charge in [0.1, 0.15) is 17.1 Å². The lowest BCUT2D eigenvalue weighted by atomic mass is 10.0. The highest BCUT2D eigenvalue weighted by atomic mass is 32.2. The van der Waals surface area contributed by atoms with Gasteiger partial charge in [0.25, 0.3) is 0 Å². The van der Waals surface area contributed by atoms with Crippen LogP contribution in [0.4, 0.5) is 0 Å². The number of carbonyl (C=O) groups is 4. The number of benzene rings is 1. The average Bonchev–Trinajstić information content (AvgIpc) is 3.40. The van der Waals surface area contributed by atoms with Crippen molar-refractivity contribution >= 4 is 35.5 Å². The Bertz CT molecular complexity index is 889. The molecule has 2 heterocycles. The Morgan fingerprint density at radius 3 is 2.66 bits per heavy atom. The van der Waals surface area contributed by atoms with Gasteiger partial charge in [0.2, 0.25) is 17.7 Å². The second-order valence-electron chi connectivity index (χ2n) is 7.72. The van der Waals surface area contributed by atoms with Gasteiger partial charge in [-0.3, -0.25) is 14.4 Å². The molecule has 172 valence electrons. The summed E-state index contributed by atoms with van der Waals surface area (Å²) in [6.45, 7) is 3.97. The molecule has 1 aromatic rings. The molecule has 0 radical (unpaired) electrons. The first-order valence-electron chi connectivity index (χ1n) is 10.8. The number of nitrogens with zero attached hydrogens (tertiary/aromatic N) is 1. The molecular weight excluding hydrogens is 430 g/mol. The molecule has 3 amide bonds. The second-order valence-corrected chi connectivity index (χ2v) is 8.83. The van der Waals surface area contributed by atoms with Crippen LogP contribution in [0.5, 0.6) is 0 Å². The summed E-state index contributed by atoms with van der Waals surface area (Å²) < 4.78 is 5.09. The maximum Gasteiger partial charge on any atom is 0.354 e. The van der Waals surface area contributed by atoms with E-state index in [1.807, 2.05) is 30.3 Å². The van der Waals surface area contributed by atoms with Crippen LogP contribution in [0.2, 0.25) is 0 Å². The van der Waals surface area contributed by atoms with Crippen molar-refractivity contribution < 1.29 is 23.9 Å². The van der Waals surface area contributed by atoms with Gasteiger partial charge in [0.15, 0.2) is 0 Å². The SMILES string of the molecule is CCOC(=O)C(=CCC[C@H]1CCNC1=O)NC(=O)[C@H]1CSC(c2ccccc2)N1C(C)=O. The lowest BCUT2D eigenvalue weighted by Crippen LogP contribution is -2.47. The third kappa shape index (κ3) is 5.70. The van der Waals surface area contributed by atoms with Crippen LogP contribution in [0, 0.1) is 5.92 Å². The van der Waals surface area contributed by atoms with E-state index in [1.54, 1.807) is 17.9 Å². The third-order valence-electron chi connectivity index (χ3n) is 5.53. The average molecular weight is 460 g/mol. The predicted octanol–water partition coefficient (Wildman–Crippen LogP) is 2.13. The Balaban J connectivity index is 1.71. The van der Waals surface area contributed by atoms with E-state index < -0.39 is 17.9 Å². The quantitative estimate of drug-likeness (QED) is 0.456. The van der Waals surface area contributed by atoms with Gasteiger partial charge in [-0.15, -0.1) is 11.8 Å². The summed E-state index contributed by atoms with van der Waals surface area (Å²) in [5.41, 5.74) is 0.992. The van der Waals surface area contributed by atoms with E-state index >= 15 is 0 Å². The normalized spacial score (nSPS) is 23.1. The smallest absolute Gasteiger partial charge is 0.354 e. The van der Waals surface area contributed by atoms with E-state index in [0.29, 0.717) is 25.1 Å². The summed E-state index contributed by atoms with van der Waals surface area (Å²) >= 11 is 1.51. The molecule has 3 atom stereocenters. The molecule has 2 fully saturated rings. The number of esters is 1. The third-order valence-corrected chi connectivity index (χ3v) is 6.85. The number of amides is 3. The zero-order valence-corrected chi connectivity index (χ0v) is 19.2. The number of allylic oxidation sites excluding steroid dienone is 1. The summed E-state index contributed by atoms with van der Waals surface area (Å²) in [5, 5.41) is 5.21. The minimum absolute atomic E-state index is 0.0205. The van der Waals surface area contributed by atoms with Crippen LogP contribution in [0.25, 0.3) is 0 Å². The van der Waals surface area contributed by atoms with Crippen molar-refractivity contribution in [3.63, 3.8) is 0 Å². The summed E-state index contributed by atoms with van der Waals surface area (Å²) in [5.74, 6) is -0.912. The molecule has 9 heteroatoms. The van der Waals surface area contributed by atoms with Gasteiger partial charge >= 0.3 is 5.97 Å². The van der Waals surface area contributed by atoms with Gasteiger partial charge in [-0.05, 0) is 31.7 Å². The molecule has 1 unspecified atom stereocenters. The standard InChI is InChI=1S/C23H29N3O5S/c1-3-31-23(30)18(11-7-10-16-12-13-24-20(16)28)25-21(29)19-14-32-22(26(19)15(2)27)17-8-5-4-6-9-17/h4-6,8-9,11,16,19,22H,3,7,10,12-14H2,1-2H3,(H,24,28)(H,25,29)/t16-,19+,22?/m0/s1. The molecule has 1 aromatic carbocycles. The van der Waals surface area contributed by atoms with Crippen LogP contribution in [0.3, 0.4) is 0 Å². The number of ether oxygens (including phenoxy) is 1. The Labute approximate surface area is 192 Å². The van der Waals surface area contributed by atoms with Crippen LogP contribution in [0.15, 0.2) is 42.1 Å². The molecule has 2 saturated heterocycles. The van der Waals surface area contributed by atoms with Gasteiger partial charge < -0.3 is 20.3 Å². The molecule has 32 heavy (non-hydrogen) atoms. The Kier molecular flexibility index (Phi) is 8.33. The molecule has 0 saturated carbocycles. The topological polar surface area (TPSA) is 105 Å². The zero-order valence-electron chi connectivity index (χ0n) is 18.3. The lowest BCUT2D eigenvalue weighted by molar-refractivity contribution is -0.141. The molecule has 3 rings (SSSR count). The number of nitrogens with one attached hydrogen (secondary N) is 2. The molecule has 0 spiro atoms. The van der Waals surface area contributed by atoms with Crippen molar-refractivity contribution in [2.45, 2.75) is 44.5 Å². The van der Waals surface area contributed by atoms with E-state index in [1.165, 1.54) is 18.7 Å². The molecule has 2 aliphatic rings. The zero-order chi connectivity index (χ0) is 23.1. The van der Waals surface area contributed by atoms with Crippen molar-refractivity contribution in [1.29, 1.82) is 0 Å². The summed E-state index contributed by atoms with van der Waals surface area (Å²) in [6, 6.07) is 8.84. The van der Waals surface area contributed by atoms with E-state index in [9.17, 15) is 19.2 Å². The van der Waals surface area contributed by atoms with Crippen molar-refractivity contribution in [2.75, 3.05) is 18.9 Å². The highest BCUT2D eigenvalue weighted by molar-refractivity contribution is 7.99. The van der Waals surface area contributed by atoms with Gasteiger partial charge in [-0.25, -0.2) is 4.79 Å². The molecule has 2 N–H and O–H groups in total. The summed E-state index contributed by atoms with van der Waals surface area (Å²) in [6.07, 6.45) is 3.41. The fourth-order valence-electron chi connectivity index (χ4n) is 3.93. The van der Waals surface area contributed by atoms with Crippen molar-refractivity contribution in [3.8, 4) is 0 Å². The van der Waals surface area contributed by atoms with Crippen molar-refractivity contribution in [2.24, 2.45) is 5.92 Å². The summed E-state index contributed by atoms with van der Waals surface area (Å²) in [4.78, 5) is 51.2. The second kappa shape index (κ2) is 11.2. The fraction of sp³-hybridized carbons (Fsp3) is 0.478. The molecule has 8 nitrogen and oxygen atoms in total. The highest BCUT2D eigenvalue weighted by Crippen LogP contribution is 2.41. The largest absolute Gasteiger partial charge is 0.461 e. The first-order chi connectivity index (χ1) is 15.4. The molecule has 0 aliphatic carbocycles. The van der Waals surface area contributed by atoms with Crippen LogP contribution in [-0.4, -0.2) is 53.5 Å². The number of carbonyl (C=O) groups excluding carboxylic acids is 4. The molecule has 0 bridgehead atoms. The first-order valence-corrected chi connectivity index (χ1v) is 11.9. The van der Waals surface area contributed by atoms with Gasteiger partial charge in [0, 0.05) is 25.1 Å². The minimum Gasteiger partial charge on any atom is -0.461 e. The number of hydrogen-bond acceptors (Lipinski definition) is 6. The molecular formula is C23H29N3O5S. The maximum atomic E-state index is 13.1. The monoisotopic (exact) mass is 459 g/mol. The van der Waals surface area contributed by atoms with E-state index in [4.69, 9.17) is 4.74 Å². The van der Waals surface area contributed by atoms with Crippen LogP contribution < -0.4 is 10.6 Å². The molecule has 0 aromatic heterocycles. The Hall–Kier alpha value is -2.81. The van der Waals surface area contributed by atoms with Crippen LogP contribution in [-0.2, 0) is 23.9 Å². The van der Waals surface area contributed by atoms with E-state index in [2.05, 4.69) is 10.6 Å². The van der Waals surface area contributed by atoms with Gasteiger partial charge in [0.05, 0.1) is 6.61 Å². The minimum atomic E-state index is -0.707. The van der Waals surface area contributed by atoms with Crippen LogP contribution >= 0.6 is 11.8 Å². The number of hydrogen-bond donors (Lipinski definition) is 2. The number of thioether (sulfide) groups is 1. The predicted molar refractivity (Wildman–Crippen MR) is 121 cm³/mol. The van der Waals surface area contributed by atoms with Crippen molar-refractivity contribution in [1.82, 2.24) is 15.5 Å². The van der Waals surface area contributed by atoms with Crippen molar-refractivity contribution in [3.05, 3.63) is 47.7 Å². The lowest BCUT2D eigenvalue weighted by Gasteiger charge is -2.28. The highest BCUT2D eigenvalue weighted by Gasteiger charge is 2.41. The van der Waals surface area contributed by atoms with E-state index in [0.717, 1.165) is 12.0 Å². The van der Waals surface area contributed by atoms with Crippen LogP contribution in [0.1, 0.15) is 44.0 Å². The van der Waals surface area contributed by atoms with E-state index in [-0.39, 0.29) is 35.4 Å². The fourth-order valence-corrected chi connectivity index (χ4v) is 5.41. The number of rotatable bonds is 8.